The third-order valence-corrected chi connectivity index (χ3v) is 4.16. The van der Waals surface area contributed by atoms with Crippen molar-refractivity contribution in [3.8, 4) is 0 Å². The molecule has 1 heterocycles. The molecule has 4 nitrogen and oxygen atoms in total. The van der Waals surface area contributed by atoms with Crippen LogP contribution in [0.15, 0.2) is 24.3 Å². The van der Waals surface area contributed by atoms with Crippen LogP contribution in [0.25, 0.3) is 0 Å². The molecule has 1 aliphatic rings. The first-order valence-electron chi connectivity index (χ1n) is 6.80. The van der Waals surface area contributed by atoms with Crippen LogP contribution >= 0.6 is 0 Å². The molecule has 0 saturated heterocycles. The molecule has 4 heteroatoms. The molecular formula is C15H21NO3. The van der Waals surface area contributed by atoms with Crippen molar-refractivity contribution in [3.05, 3.63) is 29.8 Å². The lowest BCUT2D eigenvalue weighted by molar-refractivity contribution is -0.138. The molecule has 104 valence electrons. The Balaban J connectivity index is 2.32. The van der Waals surface area contributed by atoms with Gasteiger partial charge in [-0.3, -0.25) is 0 Å². The fourth-order valence-corrected chi connectivity index (χ4v) is 2.66. The average molecular weight is 263 g/mol. The van der Waals surface area contributed by atoms with Crippen LogP contribution in [-0.4, -0.2) is 34.4 Å². The van der Waals surface area contributed by atoms with Crippen LogP contribution in [0, 0.1) is 0 Å². The summed E-state index contributed by atoms with van der Waals surface area (Å²) in [6, 6.07) is 7.16. The molecule has 0 saturated carbocycles. The third kappa shape index (κ3) is 2.59. The van der Waals surface area contributed by atoms with Gasteiger partial charge in [0, 0.05) is 18.7 Å². The molecule has 0 aliphatic carbocycles. The maximum Gasteiger partial charge on any atom is 0.326 e. The summed E-state index contributed by atoms with van der Waals surface area (Å²) in [5.41, 5.74) is 1.16. The van der Waals surface area contributed by atoms with Gasteiger partial charge in [0.25, 0.3) is 0 Å². The molecule has 1 unspecified atom stereocenters. The van der Waals surface area contributed by atoms with Gasteiger partial charge in [-0.2, -0.15) is 0 Å². The van der Waals surface area contributed by atoms with Gasteiger partial charge in [-0.1, -0.05) is 32.0 Å². The van der Waals surface area contributed by atoms with Gasteiger partial charge < -0.3 is 15.1 Å². The highest BCUT2D eigenvalue weighted by Gasteiger charge is 2.38. The number of hydrogen-bond donors (Lipinski definition) is 2. The number of carbonyl (C=O) groups is 1. The van der Waals surface area contributed by atoms with E-state index in [2.05, 4.69) is 0 Å². The quantitative estimate of drug-likeness (QED) is 0.853. The van der Waals surface area contributed by atoms with Crippen molar-refractivity contribution in [3.63, 3.8) is 0 Å². The molecule has 0 aromatic heterocycles. The van der Waals surface area contributed by atoms with E-state index in [0.717, 1.165) is 11.3 Å². The van der Waals surface area contributed by atoms with Crippen molar-refractivity contribution in [2.75, 3.05) is 11.4 Å². The molecular weight excluding hydrogens is 242 g/mol. The number of carboxylic acid groups (broad SMARTS) is 1. The zero-order valence-electron chi connectivity index (χ0n) is 11.5. The van der Waals surface area contributed by atoms with Crippen LogP contribution in [0.4, 0.5) is 5.69 Å². The summed E-state index contributed by atoms with van der Waals surface area (Å²) in [4.78, 5) is 13.3. The zero-order valence-corrected chi connectivity index (χ0v) is 11.5. The number of rotatable bonds is 5. The largest absolute Gasteiger partial charge is 0.480 e. The van der Waals surface area contributed by atoms with E-state index in [4.69, 9.17) is 0 Å². The van der Waals surface area contributed by atoms with E-state index in [-0.39, 0.29) is 0 Å². The van der Waals surface area contributed by atoms with Crippen molar-refractivity contribution < 1.29 is 15.0 Å². The summed E-state index contributed by atoms with van der Waals surface area (Å²) in [5.74, 6) is -0.828. The number of fused-ring (bicyclic) bond motifs is 1. The van der Waals surface area contributed by atoms with Crippen LogP contribution in [-0.2, 0) is 11.2 Å². The molecule has 1 aromatic carbocycles. The number of carboxylic acids is 1. The number of aliphatic carboxylic acids is 1. The minimum atomic E-state index is -0.828. The Morgan fingerprint density at radius 2 is 2.00 bits per heavy atom. The molecule has 1 aromatic rings. The van der Waals surface area contributed by atoms with E-state index in [9.17, 15) is 15.0 Å². The van der Waals surface area contributed by atoms with Gasteiger partial charge >= 0.3 is 5.97 Å². The van der Waals surface area contributed by atoms with Crippen molar-refractivity contribution in [1.82, 2.24) is 0 Å². The molecule has 0 fully saturated rings. The van der Waals surface area contributed by atoms with Crippen molar-refractivity contribution in [1.29, 1.82) is 0 Å². The Hall–Kier alpha value is -1.55. The minimum absolute atomic E-state index is 0.369. The van der Waals surface area contributed by atoms with E-state index in [1.807, 2.05) is 43.0 Å². The molecule has 19 heavy (non-hydrogen) atoms. The molecule has 0 spiro atoms. The summed E-state index contributed by atoms with van der Waals surface area (Å²) >= 11 is 0. The number of anilines is 1. The Morgan fingerprint density at radius 3 is 2.58 bits per heavy atom. The summed E-state index contributed by atoms with van der Waals surface area (Å²) in [6.45, 7) is 4.23. The second kappa shape index (κ2) is 5.21. The molecule has 2 rings (SSSR count). The van der Waals surface area contributed by atoms with E-state index in [1.165, 1.54) is 0 Å². The van der Waals surface area contributed by atoms with Crippen LogP contribution in [0.5, 0.6) is 0 Å². The van der Waals surface area contributed by atoms with E-state index >= 15 is 0 Å². The SMILES string of the molecule is CCC(O)(CC)CN1c2ccccc2CC1C(=O)O. The topological polar surface area (TPSA) is 60.8 Å². The lowest BCUT2D eigenvalue weighted by Gasteiger charge is -2.34. The normalized spacial score (nSPS) is 18.5. The standard InChI is InChI=1S/C15H21NO3/c1-3-15(19,4-2)10-16-12-8-6-5-7-11(12)9-13(16)14(17)18/h5-8,13,19H,3-4,9-10H2,1-2H3,(H,17,18). The highest BCUT2D eigenvalue weighted by atomic mass is 16.4. The molecule has 1 atom stereocenters. The number of β-amino-alcohol motifs (C(OH)–C–C–N with tert-alkyl or cyclic N) is 1. The third-order valence-electron chi connectivity index (χ3n) is 4.16. The van der Waals surface area contributed by atoms with Gasteiger partial charge in [0.1, 0.15) is 6.04 Å². The fraction of sp³-hybridized carbons (Fsp3) is 0.533. The average Bonchev–Trinajstić information content (AvgIpc) is 2.78. The molecule has 0 amide bonds. The Kier molecular flexibility index (Phi) is 3.80. The van der Waals surface area contributed by atoms with Gasteiger partial charge in [0.2, 0.25) is 0 Å². The number of nitrogens with zero attached hydrogens (tertiary/aromatic N) is 1. The minimum Gasteiger partial charge on any atom is -0.480 e. The van der Waals surface area contributed by atoms with Crippen LogP contribution in [0.1, 0.15) is 32.3 Å². The van der Waals surface area contributed by atoms with Crippen molar-refractivity contribution in [2.45, 2.75) is 44.8 Å². The zero-order chi connectivity index (χ0) is 14.0. The monoisotopic (exact) mass is 263 g/mol. The second-order valence-electron chi connectivity index (χ2n) is 5.25. The lowest BCUT2D eigenvalue weighted by Crippen LogP contribution is -2.48. The number of benzene rings is 1. The van der Waals surface area contributed by atoms with Crippen LogP contribution in [0.3, 0.4) is 0 Å². The molecule has 0 bridgehead atoms. The van der Waals surface area contributed by atoms with E-state index < -0.39 is 17.6 Å². The number of para-hydroxylation sites is 1. The number of hydrogen-bond acceptors (Lipinski definition) is 3. The molecule has 1 aliphatic heterocycles. The predicted molar refractivity (Wildman–Crippen MR) is 74.4 cm³/mol. The van der Waals surface area contributed by atoms with Crippen LogP contribution < -0.4 is 4.90 Å². The Morgan fingerprint density at radius 1 is 1.37 bits per heavy atom. The maximum atomic E-state index is 11.4. The van der Waals surface area contributed by atoms with E-state index in [0.29, 0.717) is 25.8 Å². The fourth-order valence-electron chi connectivity index (χ4n) is 2.66. The second-order valence-corrected chi connectivity index (χ2v) is 5.25. The Labute approximate surface area is 113 Å². The highest BCUT2D eigenvalue weighted by Crippen LogP contribution is 2.34. The maximum absolute atomic E-state index is 11.4. The first-order chi connectivity index (χ1) is 9.00. The van der Waals surface area contributed by atoms with E-state index in [1.54, 1.807) is 0 Å². The predicted octanol–water partition coefficient (Wildman–Crippen LogP) is 2.05. The summed E-state index contributed by atoms with van der Waals surface area (Å²) in [7, 11) is 0. The lowest BCUT2D eigenvalue weighted by atomic mass is 9.96. The number of aliphatic hydroxyl groups is 1. The van der Waals surface area contributed by atoms with Crippen molar-refractivity contribution >= 4 is 11.7 Å². The smallest absolute Gasteiger partial charge is 0.326 e. The first-order valence-corrected chi connectivity index (χ1v) is 6.80. The summed E-state index contributed by atoms with van der Waals surface area (Å²) < 4.78 is 0. The van der Waals surface area contributed by atoms with Gasteiger partial charge in [-0.15, -0.1) is 0 Å². The first kappa shape index (κ1) is 13.9. The van der Waals surface area contributed by atoms with Gasteiger partial charge in [0.05, 0.1) is 5.60 Å². The molecule has 2 N–H and O–H groups in total. The van der Waals surface area contributed by atoms with Gasteiger partial charge in [-0.25, -0.2) is 4.79 Å². The highest BCUT2D eigenvalue weighted by molar-refractivity contribution is 5.82. The summed E-state index contributed by atoms with van der Waals surface area (Å²) in [6.07, 6.45) is 1.75. The summed E-state index contributed by atoms with van der Waals surface area (Å²) in [5, 5.41) is 19.9. The Bertz CT molecular complexity index is 468. The van der Waals surface area contributed by atoms with Gasteiger partial charge in [0.15, 0.2) is 0 Å². The van der Waals surface area contributed by atoms with Crippen LogP contribution in [0.2, 0.25) is 0 Å². The van der Waals surface area contributed by atoms with Gasteiger partial charge in [-0.05, 0) is 24.5 Å². The van der Waals surface area contributed by atoms with Crippen molar-refractivity contribution in [2.24, 2.45) is 0 Å². The molecule has 0 radical (unpaired) electrons.